The number of aliphatic carboxylic acids is 1. The maximum Gasteiger partial charge on any atom is 0.311 e. The lowest BCUT2D eigenvalue weighted by atomic mass is 9.99. The Morgan fingerprint density at radius 2 is 1.81 bits per heavy atom. The van der Waals surface area contributed by atoms with Gasteiger partial charge in [0.1, 0.15) is 5.82 Å². The van der Waals surface area contributed by atoms with Crippen molar-refractivity contribution in [2.24, 2.45) is 0 Å². The summed E-state index contributed by atoms with van der Waals surface area (Å²) in [6, 6.07) is 9.88. The summed E-state index contributed by atoms with van der Waals surface area (Å²) in [6.45, 7) is 1.74. The average Bonchev–Trinajstić information content (AvgIpc) is 2.79. The summed E-state index contributed by atoms with van der Waals surface area (Å²) in [7, 11) is 1.32. The van der Waals surface area contributed by atoms with Crippen LogP contribution in [0.4, 0.5) is 10.1 Å². The molecule has 32 heavy (non-hydrogen) atoms. The first-order chi connectivity index (χ1) is 15.3. The van der Waals surface area contributed by atoms with Crippen molar-refractivity contribution in [1.29, 1.82) is 0 Å². The number of carbonyl (C=O) groups excluding carboxylic acids is 1. The summed E-state index contributed by atoms with van der Waals surface area (Å²) < 4.78 is 18.3. The molecule has 0 spiro atoms. The van der Waals surface area contributed by atoms with Gasteiger partial charge in [0.2, 0.25) is 0 Å². The third kappa shape index (κ3) is 5.38. The molecule has 2 aromatic rings. The second-order valence-electron chi connectivity index (χ2n) is 7.47. The molecule has 9 nitrogen and oxygen atoms in total. The molecule has 10 heteroatoms. The van der Waals surface area contributed by atoms with Crippen molar-refractivity contribution in [1.82, 2.24) is 9.80 Å². The van der Waals surface area contributed by atoms with Gasteiger partial charge in [-0.05, 0) is 36.2 Å². The van der Waals surface area contributed by atoms with Gasteiger partial charge in [0.05, 0.1) is 12.0 Å². The Labute approximate surface area is 184 Å². The Kier molecular flexibility index (Phi) is 7.37. The van der Waals surface area contributed by atoms with Crippen LogP contribution in [0.5, 0.6) is 5.75 Å². The van der Waals surface area contributed by atoms with Gasteiger partial charge in [-0.1, -0.05) is 12.1 Å². The first-order valence-electron chi connectivity index (χ1n) is 10.1. The van der Waals surface area contributed by atoms with E-state index in [-0.39, 0.29) is 41.2 Å². The molecular formula is C22H24FN3O6. The number of nitro groups is 1. The number of amides is 1. The van der Waals surface area contributed by atoms with E-state index in [9.17, 15) is 24.1 Å². The summed E-state index contributed by atoms with van der Waals surface area (Å²) in [6.07, 6.45) is 0.330. The smallest absolute Gasteiger partial charge is 0.311 e. The summed E-state index contributed by atoms with van der Waals surface area (Å²) >= 11 is 0. The number of ether oxygens (including phenoxy) is 1. The number of nitrogens with zero attached hydrogens (tertiary/aromatic N) is 3. The number of rotatable bonds is 8. The number of carbonyl (C=O) groups is 2. The van der Waals surface area contributed by atoms with Crippen LogP contribution < -0.4 is 4.74 Å². The van der Waals surface area contributed by atoms with Crippen LogP contribution >= 0.6 is 0 Å². The molecule has 2 aromatic carbocycles. The molecule has 1 saturated heterocycles. The van der Waals surface area contributed by atoms with Crippen molar-refractivity contribution in [2.45, 2.75) is 18.9 Å². The van der Waals surface area contributed by atoms with E-state index >= 15 is 0 Å². The molecule has 0 bridgehead atoms. The molecule has 0 saturated carbocycles. The Hall–Kier alpha value is -3.53. The fraction of sp³-hybridized carbons (Fsp3) is 0.364. The van der Waals surface area contributed by atoms with Crippen molar-refractivity contribution >= 4 is 17.6 Å². The quantitative estimate of drug-likeness (QED) is 0.491. The number of piperazine rings is 1. The van der Waals surface area contributed by atoms with Crippen molar-refractivity contribution < 1.29 is 28.7 Å². The zero-order valence-electron chi connectivity index (χ0n) is 17.6. The highest BCUT2D eigenvalue weighted by Crippen LogP contribution is 2.30. The van der Waals surface area contributed by atoms with Crippen LogP contribution in [0, 0.1) is 15.9 Å². The highest BCUT2D eigenvalue weighted by Gasteiger charge is 2.29. The third-order valence-corrected chi connectivity index (χ3v) is 5.55. The topological polar surface area (TPSA) is 113 Å². The van der Waals surface area contributed by atoms with Crippen LogP contribution in [0.3, 0.4) is 0 Å². The van der Waals surface area contributed by atoms with Gasteiger partial charge in [-0.25, -0.2) is 4.39 Å². The maximum atomic E-state index is 13.3. The zero-order chi connectivity index (χ0) is 23.3. The van der Waals surface area contributed by atoms with E-state index in [0.717, 1.165) is 5.56 Å². The van der Waals surface area contributed by atoms with Crippen LogP contribution in [-0.4, -0.2) is 65.0 Å². The minimum Gasteiger partial charge on any atom is -0.490 e. The van der Waals surface area contributed by atoms with Gasteiger partial charge in [0.25, 0.3) is 5.91 Å². The van der Waals surface area contributed by atoms with Crippen LogP contribution in [0.25, 0.3) is 0 Å². The molecule has 170 valence electrons. The predicted octanol–water partition coefficient (Wildman–Crippen LogP) is 3.11. The minimum absolute atomic E-state index is 0.0310. The first kappa shape index (κ1) is 23.1. The van der Waals surface area contributed by atoms with E-state index < -0.39 is 10.9 Å². The Morgan fingerprint density at radius 3 is 2.38 bits per heavy atom. The summed E-state index contributed by atoms with van der Waals surface area (Å²) in [5.74, 6) is -1.52. The number of hydrogen-bond acceptors (Lipinski definition) is 6. The molecule has 0 unspecified atom stereocenters. The van der Waals surface area contributed by atoms with Gasteiger partial charge in [-0.3, -0.25) is 24.6 Å². The molecule has 1 aliphatic rings. The van der Waals surface area contributed by atoms with Crippen LogP contribution in [0.2, 0.25) is 0 Å². The van der Waals surface area contributed by atoms with Crippen molar-refractivity contribution in [3.05, 3.63) is 69.5 Å². The van der Waals surface area contributed by atoms with Crippen molar-refractivity contribution in [3.63, 3.8) is 0 Å². The minimum atomic E-state index is -0.910. The fourth-order valence-corrected chi connectivity index (χ4v) is 3.89. The van der Waals surface area contributed by atoms with Gasteiger partial charge in [-0.15, -0.1) is 0 Å². The SMILES string of the molecule is COc1ccc(C(=O)N2CCN([C@@H](CCC(=O)O)c3ccc(F)cc3)CC2)cc1[N+](=O)[O-]. The van der Waals surface area contributed by atoms with E-state index in [4.69, 9.17) is 9.84 Å². The Morgan fingerprint density at radius 1 is 1.16 bits per heavy atom. The molecule has 1 atom stereocenters. The standard InChI is InChI=1S/C22H24FN3O6/c1-32-20-8-4-16(14-19(20)26(30)31)22(29)25-12-10-24(11-13-25)18(7-9-21(27)28)15-2-5-17(23)6-3-15/h2-6,8,14,18H,7,9-13H2,1H3,(H,27,28)/t18-/m0/s1. The number of benzene rings is 2. The maximum absolute atomic E-state index is 13.3. The van der Waals surface area contributed by atoms with Crippen molar-refractivity contribution in [2.75, 3.05) is 33.3 Å². The summed E-state index contributed by atoms with van der Waals surface area (Å²) in [5.41, 5.74) is 0.743. The van der Waals surface area contributed by atoms with E-state index in [1.165, 1.54) is 37.4 Å². The number of methoxy groups -OCH3 is 1. The average molecular weight is 445 g/mol. The van der Waals surface area contributed by atoms with Crippen LogP contribution in [0.1, 0.15) is 34.8 Å². The van der Waals surface area contributed by atoms with E-state index in [2.05, 4.69) is 4.90 Å². The monoisotopic (exact) mass is 445 g/mol. The lowest BCUT2D eigenvalue weighted by molar-refractivity contribution is -0.385. The van der Waals surface area contributed by atoms with E-state index in [1.54, 1.807) is 17.0 Å². The van der Waals surface area contributed by atoms with Crippen molar-refractivity contribution in [3.8, 4) is 5.75 Å². The predicted molar refractivity (Wildman–Crippen MR) is 113 cm³/mol. The van der Waals surface area contributed by atoms with Crippen LogP contribution in [0.15, 0.2) is 42.5 Å². The van der Waals surface area contributed by atoms with E-state index in [0.29, 0.717) is 32.6 Å². The molecule has 0 aromatic heterocycles. The molecule has 1 fully saturated rings. The second kappa shape index (κ2) is 10.2. The van der Waals surface area contributed by atoms with E-state index in [1.807, 2.05) is 0 Å². The number of hydrogen-bond donors (Lipinski definition) is 1. The van der Waals surface area contributed by atoms with Gasteiger partial charge in [0, 0.05) is 50.3 Å². The highest BCUT2D eigenvalue weighted by molar-refractivity contribution is 5.95. The normalized spacial score (nSPS) is 15.2. The summed E-state index contributed by atoms with van der Waals surface area (Å²) in [4.78, 5) is 38.3. The highest BCUT2D eigenvalue weighted by atomic mass is 19.1. The van der Waals surface area contributed by atoms with Gasteiger partial charge >= 0.3 is 11.7 Å². The molecule has 1 amide bonds. The molecule has 0 aliphatic carbocycles. The molecule has 1 aliphatic heterocycles. The lowest BCUT2D eigenvalue weighted by Gasteiger charge is -2.39. The number of carboxylic acids is 1. The molecular weight excluding hydrogens is 421 g/mol. The number of halogens is 1. The summed E-state index contributed by atoms with van der Waals surface area (Å²) in [5, 5.41) is 20.3. The number of carboxylic acid groups (broad SMARTS) is 1. The second-order valence-corrected chi connectivity index (χ2v) is 7.47. The first-order valence-corrected chi connectivity index (χ1v) is 10.1. The Balaban J connectivity index is 1.71. The zero-order valence-corrected chi connectivity index (χ0v) is 17.6. The molecule has 0 radical (unpaired) electrons. The van der Waals surface area contributed by atoms with Gasteiger partial charge < -0.3 is 14.7 Å². The molecule has 3 rings (SSSR count). The van der Waals surface area contributed by atoms with Crippen LogP contribution in [-0.2, 0) is 4.79 Å². The molecule has 1 heterocycles. The number of nitro benzene ring substituents is 1. The Bertz CT molecular complexity index is 990. The largest absolute Gasteiger partial charge is 0.490 e. The fourth-order valence-electron chi connectivity index (χ4n) is 3.89. The third-order valence-electron chi connectivity index (χ3n) is 5.55. The van der Waals surface area contributed by atoms with Gasteiger partial charge in [0.15, 0.2) is 5.75 Å². The molecule has 1 N–H and O–H groups in total. The van der Waals surface area contributed by atoms with Gasteiger partial charge in [-0.2, -0.15) is 0 Å². The lowest BCUT2D eigenvalue weighted by Crippen LogP contribution is -2.49.